The maximum atomic E-state index is 12.8. The minimum atomic E-state index is 0.0861. The minimum absolute atomic E-state index is 0.0861. The first-order valence-corrected chi connectivity index (χ1v) is 8.63. The lowest BCUT2D eigenvalue weighted by Gasteiger charge is -2.59. The van der Waals surface area contributed by atoms with Gasteiger partial charge >= 0.3 is 0 Å². The van der Waals surface area contributed by atoms with E-state index < -0.39 is 0 Å². The Hall–Kier alpha value is -0.570. The van der Waals surface area contributed by atoms with Gasteiger partial charge in [0.2, 0.25) is 5.91 Å². The summed E-state index contributed by atoms with van der Waals surface area (Å²) in [5.41, 5.74) is 0.263. The van der Waals surface area contributed by atoms with Crippen LogP contribution in [0.5, 0.6) is 0 Å². The van der Waals surface area contributed by atoms with E-state index in [-0.39, 0.29) is 11.6 Å². The fraction of sp³-hybridized carbons (Fsp3) is 0.941. The molecule has 5 rings (SSSR count). The molecule has 112 valence electrons. The topological polar surface area (TPSA) is 32.3 Å². The third-order valence-electron chi connectivity index (χ3n) is 6.32. The van der Waals surface area contributed by atoms with Crippen LogP contribution in [-0.2, 0) is 4.79 Å². The van der Waals surface area contributed by atoms with E-state index in [4.69, 9.17) is 0 Å². The van der Waals surface area contributed by atoms with Crippen molar-refractivity contribution in [3.8, 4) is 0 Å². The first-order valence-electron chi connectivity index (χ1n) is 8.63. The Morgan fingerprint density at radius 2 is 1.65 bits per heavy atom. The van der Waals surface area contributed by atoms with E-state index in [9.17, 15) is 4.79 Å². The van der Waals surface area contributed by atoms with Crippen LogP contribution in [0.1, 0.15) is 58.8 Å². The van der Waals surface area contributed by atoms with E-state index in [0.29, 0.717) is 11.9 Å². The summed E-state index contributed by atoms with van der Waals surface area (Å²) in [6.45, 7) is 5.27. The molecule has 0 aromatic carbocycles. The molecular weight excluding hydrogens is 248 g/mol. The van der Waals surface area contributed by atoms with E-state index in [2.05, 4.69) is 24.1 Å². The molecule has 1 atom stereocenters. The molecule has 4 aliphatic carbocycles. The van der Waals surface area contributed by atoms with Crippen LogP contribution in [0.4, 0.5) is 0 Å². The zero-order chi connectivity index (χ0) is 13.9. The van der Waals surface area contributed by atoms with Crippen LogP contribution in [0, 0.1) is 17.8 Å². The van der Waals surface area contributed by atoms with Gasteiger partial charge in [0.05, 0.1) is 6.04 Å². The SMILES string of the molecule is CC(C)NC1CCN(C23CC4CC(CC(C4)C2)C3)C1=O. The molecule has 4 bridgehead atoms. The minimum Gasteiger partial charge on any atom is -0.336 e. The smallest absolute Gasteiger partial charge is 0.240 e. The van der Waals surface area contributed by atoms with Crippen molar-refractivity contribution < 1.29 is 4.79 Å². The second-order valence-corrected chi connectivity index (χ2v) is 8.29. The molecule has 0 spiro atoms. The van der Waals surface area contributed by atoms with Gasteiger partial charge in [0, 0.05) is 18.1 Å². The molecule has 1 aliphatic heterocycles. The maximum Gasteiger partial charge on any atom is 0.240 e. The van der Waals surface area contributed by atoms with Crippen molar-refractivity contribution >= 4 is 5.91 Å². The highest BCUT2D eigenvalue weighted by Crippen LogP contribution is 2.58. The summed E-state index contributed by atoms with van der Waals surface area (Å²) in [7, 11) is 0. The molecule has 1 amide bonds. The van der Waals surface area contributed by atoms with E-state index in [1.54, 1.807) is 0 Å². The van der Waals surface area contributed by atoms with Crippen LogP contribution in [0.25, 0.3) is 0 Å². The lowest BCUT2D eigenvalue weighted by Crippen LogP contribution is -2.61. The van der Waals surface area contributed by atoms with Crippen LogP contribution in [0.2, 0.25) is 0 Å². The number of rotatable bonds is 3. The zero-order valence-corrected chi connectivity index (χ0v) is 12.9. The summed E-state index contributed by atoms with van der Waals surface area (Å²) in [5.74, 6) is 3.17. The lowest BCUT2D eigenvalue weighted by atomic mass is 9.52. The van der Waals surface area contributed by atoms with Gasteiger partial charge in [-0.2, -0.15) is 0 Å². The highest BCUT2D eigenvalue weighted by Gasteiger charge is 2.56. The summed E-state index contributed by atoms with van der Waals surface area (Å²) in [4.78, 5) is 15.1. The molecule has 5 fully saturated rings. The summed E-state index contributed by atoms with van der Waals surface area (Å²) in [6.07, 6.45) is 9.29. The van der Waals surface area contributed by atoms with E-state index >= 15 is 0 Å². The number of nitrogens with zero attached hydrogens (tertiary/aromatic N) is 1. The van der Waals surface area contributed by atoms with Crippen molar-refractivity contribution in [2.75, 3.05) is 6.54 Å². The molecule has 3 heteroatoms. The van der Waals surface area contributed by atoms with Gasteiger partial charge in [-0.05, 0) is 62.7 Å². The van der Waals surface area contributed by atoms with Crippen molar-refractivity contribution in [2.24, 2.45) is 17.8 Å². The number of carbonyl (C=O) groups excluding carboxylic acids is 1. The molecule has 3 nitrogen and oxygen atoms in total. The van der Waals surface area contributed by atoms with Gasteiger partial charge in [-0.3, -0.25) is 4.79 Å². The van der Waals surface area contributed by atoms with Crippen molar-refractivity contribution in [3.63, 3.8) is 0 Å². The predicted molar refractivity (Wildman–Crippen MR) is 79.3 cm³/mol. The quantitative estimate of drug-likeness (QED) is 0.859. The van der Waals surface area contributed by atoms with E-state index in [0.717, 1.165) is 30.7 Å². The Morgan fingerprint density at radius 1 is 1.10 bits per heavy atom. The lowest BCUT2D eigenvalue weighted by molar-refractivity contribution is -0.146. The average Bonchev–Trinajstić information content (AvgIpc) is 2.69. The average molecular weight is 276 g/mol. The third-order valence-corrected chi connectivity index (χ3v) is 6.32. The van der Waals surface area contributed by atoms with Crippen molar-refractivity contribution in [2.45, 2.75) is 76.4 Å². The van der Waals surface area contributed by atoms with Crippen LogP contribution >= 0.6 is 0 Å². The van der Waals surface area contributed by atoms with Gasteiger partial charge in [-0.1, -0.05) is 13.8 Å². The second kappa shape index (κ2) is 4.46. The third kappa shape index (κ3) is 1.93. The monoisotopic (exact) mass is 276 g/mol. The maximum absolute atomic E-state index is 12.8. The Bertz CT molecular complexity index is 382. The van der Waals surface area contributed by atoms with Gasteiger partial charge in [0.25, 0.3) is 0 Å². The summed E-state index contributed by atoms with van der Waals surface area (Å²) >= 11 is 0. The molecule has 20 heavy (non-hydrogen) atoms. The van der Waals surface area contributed by atoms with Crippen molar-refractivity contribution in [1.82, 2.24) is 10.2 Å². The van der Waals surface area contributed by atoms with Gasteiger partial charge in [-0.25, -0.2) is 0 Å². The summed E-state index contributed by atoms with van der Waals surface area (Å²) in [5, 5.41) is 3.46. The number of carbonyl (C=O) groups is 1. The normalized spacial score (nSPS) is 46.8. The standard InChI is InChI=1S/C17H28N2O/c1-11(2)18-15-3-4-19(16(15)20)17-8-12-5-13(9-17)7-14(6-12)10-17/h11-15,18H,3-10H2,1-2H3. The van der Waals surface area contributed by atoms with Crippen LogP contribution in [0.3, 0.4) is 0 Å². The van der Waals surface area contributed by atoms with Crippen LogP contribution < -0.4 is 5.32 Å². The molecule has 1 N–H and O–H groups in total. The molecule has 5 aliphatic rings. The van der Waals surface area contributed by atoms with Gasteiger partial charge in [0.1, 0.15) is 0 Å². The molecular formula is C17H28N2O. The summed E-state index contributed by atoms with van der Waals surface area (Å²) in [6, 6.07) is 0.489. The molecule has 1 unspecified atom stereocenters. The number of hydrogen-bond donors (Lipinski definition) is 1. The van der Waals surface area contributed by atoms with Crippen molar-refractivity contribution in [1.29, 1.82) is 0 Å². The molecule has 1 saturated heterocycles. The Balaban J connectivity index is 1.54. The van der Waals surface area contributed by atoms with Gasteiger partial charge in [0.15, 0.2) is 0 Å². The second-order valence-electron chi connectivity index (χ2n) is 8.29. The van der Waals surface area contributed by atoms with E-state index in [1.807, 2.05) is 0 Å². The van der Waals surface area contributed by atoms with Gasteiger partial charge < -0.3 is 10.2 Å². The largest absolute Gasteiger partial charge is 0.336 e. The molecule has 0 aromatic heterocycles. The van der Waals surface area contributed by atoms with Crippen LogP contribution in [0.15, 0.2) is 0 Å². The number of hydrogen-bond acceptors (Lipinski definition) is 2. The first-order chi connectivity index (χ1) is 9.56. The fourth-order valence-electron chi connectivity index (χ4n) is 6.10. The Labute approximate surface area is 122 Å². The predicted octanol–water partition coefficient (Wildman–Crippen LogP) is 2.55. The molecule has 1 heterocycles. The highest BCUT2D eigenvalue weighted by molar-refractivity contribution is 5.84. The number of nitrogens with one attached hydrogen (secondary N) is 1. The molecule has 4 saturated carbocycles. The zero-order valence-electron chi connectivity index (χ0n) is 12.9. The fourth-order valence-corrected chi connectivity index (χ4v) is 6.10. The Morgan fingerprint density at radius 3 is 2.15 bits per heavy atom. The van der Waals surface area contributed by atoms with Gasteiger partial charge in [-0.15, -0.1) is 0 Å². The van der Waals surface area contributed by atoms with Crippen LogP contribution in [-0.4, -0.2) is 35.0 Å². The number of likely N-dealkylation sites (tertiary alicyclic amines) is 1. The van der Waals surface area contributed by atoms with Crippen molar-refractivity contribution in [3.05, 3.63) is 0 Å². The summed E-state index contributed by atoms with van der Waals surface area (Å²) < 4.78 is 0. The molecule has 0 aromatic rings. The number of amides is 1. The first kappa shape index (κ1) is 13.1. The molecule has 0 radical (unpaired) electrons. The highest BCUT2D eigenvalue weighted by atomic mass is 16.2. The van der Waals surface area contributed by atoms with E-state index in [1.165, 1.54) is 38.5 Å². The Kier molecular flexibility index (Phi) is 2.93.